The molecule has 1 saturated carbocycles. The molecule has 1 fully saturated rings. The SMILES string of the molecule is CCc1cc(CC(NC)C(OC)C2CC2)n(C)n1. The van der Waals surface area contributed by atoms with E-state index in [9.17, 15) is 0 Å². The summed E-state index contributed by atoms with van der Waals surface area (Å²) in [7, 11) is 5.88. The van der Waals surface area contributed by atoms with Crippen LogP contribution >= 0.6 is 0 Å². The van der Waals surface area contributed by atoms with Crippen LogP contribution in [-0.4, -0.2) is 36.1 Å². The predicted molar refractivity (Wildman–Crippen MR) is 72.7 cm³/mol. The summed E-state index contributed by atoms with van der Waals surface area (Å²) in [5, 5.41) is 7.92. The van der Waals surface area contributed by atoms with Crippen LogP contribution in [0.4, 0.5) is 0 Å². The van der Waals surface area contributed by atoms with Crippen LogP contribution in [0.5, 0.6) is 0 Å². The molecule has 0 spiro atoms. The van der Waals surface area contributed by atoms with Gasteiger partial charge in [0, 0.05) is 32.3 Å². The fourth-order valence-corrected chi connectivity index (χ4v) is 2.65. The van der Waals surface area contributed by atoms with Gasteiger partial charge in [-0.15, -0.1) is 0 Å². The second kappa shape index (κ2) is 5.85. The average Bonchev–Trinajstić information content (AvgIpc) is 3.14. The first kappa shape index (κ1) is 13.6. The summed E-state index contributed by atoms with van der Waals surface area (Å²) < 4.78 is 7.68. The Hall–Kier alpha value is -0.870. The second-order valence-electron chi connectivity index (χ2n) is 5.24. The molecule has 0 amide bonds. The smallest absolute Gasteiger partial charge is 0.0756 e. The summed E-state index contributed by atoms with van der Waals surface area (Å²) in [5.74, 6) is 0.742. The normalized spacial score (nSPS) is 18.9. The molecule has 18 heavy (non-hydrogen) atoms. The van der Waals surface area contributed by atoms with Crippen LogP contribution in [0.1, 0.15) is 31.2 Å². The topological polar surface area (TPSA) is 39.1 Å². The summed E-state index contributed by atoms with van der Waals surface area (Å²) in [6.45, 7) is 2.14. The van der Waals surface area contributed by atoms with Gasteiger partial charge in [0.15, 0.2) is 0 Å². The van der Waals surface area contributed by atoms with Crippen molar-refractivity contribution >= 4 is 0 Å². The third-order valence-electron chi connectivity index (χ3n) is 3.94. The van der Waals surface area contributed by atoms with Crippen molar-refractivity contribution in [1.82, 2.24) is 15.1 Å². The molecule has 0 aromatic carbocycles. The lowest BCUT2D eigenvalue weighted by molar-refractivity contribution is 0.0529. The Labute approximate surface area is 110 Å². The van der Waals surface area contributed by atoms with Crippen molar-refractivity contribution in [3.63, 3.8) is 0 Å². The number of aryl methyl sites for hydroxylation is 2. The van der Waals surface area contributed by atoms with Crippen molar-refractivity contribution in [2.75, 3.05) is 14.2 Å². The van der Waals surface area contributed by atoms with Gasteiger partial charge in [0.2, 0.25) is 0 Å². The van der Waals surface area contributed by atoms with Gasteiger partial charge < -0.3 is 10.1 Å². The number of aromatic nitrogens is 2. The molecule has 1 aromatic rings. The van der Waals surface area contributed by atoms with E-state index in [-0.39, 0.29) is 0 Å². The van der Waals surface area contributed by atoms with Gasteiger partial charge in [-0.05, 0) is 38.3 Å². The Morgan fingerprint density at radius 3 is 2.72 bits per heavy atom. The van der Waals surface area contributed by atoms with E-state index in [0.29, 0.717) is 12.1 Å². The highest BCUT2D eigenvalue weighted by molar-refractivity contribution is 5.12. The number of nitrogens with zero attached hydrogens (tertiary/aromatic N) is 2. The van der Waals surface area contributed by atoms with Gasteiger partial charge in [-0.2, -0.15) is 5.10 Å². The minimum absolute atomic E-state index is 0.329. The standard InChI is InChI=1S/C14H25N3O/c1-5-11-8-12(17(3)16-11)9-13(15-2)14(18-4)10-6-7-10/h8,10,13-15H,5-7,9H2,1-4H3. The average molecular weight is 251 g/mol. The predicted octanol–water partition coefficient (Wildman–Crippen LogP) is 1.54. The van der Waals surface area contributed by atoms with Crippen LogP contribution in [0.3, 0.4) is 0 Å². The molecule has 4 heteroatoms. The minimum Gasteiger partial charge on any atom is -0.380 e. The molecular weight excluding hydrogens is 226 g/mol. The molecule has 0 bridgehead atoms. The van der Waals surface area contributed by atoms with E-state index < -0.39 is 0 Å². The van der Waals surface area contributed by atoms with Gasteiger partial charge in [-0.3, -0.25) is 4.68 Å². The quantitative estimate of drug-likeness (QED) is 0.799. The molecule has 0 saturated heterocycles. The van der Waals surface area contributed by atoms with E-state index in [0.717, 1.165) is 18.8 Å². The highest BCUT2D eigenvalue weighted by atomic mass is 16.5. The van der Waals surface area contributed by atoms with Gasteiger partial charge >= 0.3 is 0 Å². The van der Waals surface area contributed by atoms with Crippen molar-refractivity contribution in [2.24, 2.45) is 13.0 Å². The second-order valence-corrected chi connectivity index (χ2v) is 5.24. The van der Waals surface area contributed by atoms with Gasteiger partial charge in [0.05, 0.1) is 11.8 Å². The summed E-state index contributed by atoms with van der Waals surface area (Å²) in [5.41, 5.74) is 2.46. The van der Waals surface area contributed by atoms with Gasteiger partial charge in [0.25, 0.3) is 0 Å². The molecule has 1 heterocycles. The maximum atomic E-state index is 5.68. The monoisotopic (exact) mass is 251 g/mol. The Morgan fingerprint density at radius 1 is 1.56 bits per heavy atom. The molecule has 1 aliphatic carbocycles. The summed E-state index contributed by atoms with van der Waals surface area (Å²) >= 11 is 0. The van der Waals surface area contributed by atoms with Gasteiger partial charge in [-0.25, -0.2) is 0 Å². The van der Waals surface area contributed by atoms with E-state index in [4.69, 9.17) is 4.74 Å². The van der Waals surface area contributed by atoms with Gasteiger partial charge in [0.1, 0.15) is 0 Å². The van der Waals surface area contributed by atoms with Crippen molar-refractivity contribution < 1.29 is 4.74 Å². The highest BCUT2D eigenvalue weighted by Crippen LogP contribution is 2.36. The molecule has 4 nitrogen and oxygen atoms in total. The lowest BCUT2D eigenvalue weighted by Gasteiger charge is -2.25. The van der Waals surface area contributed by atoms with E-state index in [2.05, 4.69) is 23.4 Å². The van der Waals surface area contributed by atoms with Crippen molar-refractivity contribution in [3.05, 3.63) is 17.5 Å². The first-order chi connectivity index (χ1) is 8.69. The summed E-state index contributed by atoms with van der Waals surface area (Å²) in [6, 6.07) is 2.59. The van der Waals surface area contributed by atoms with Crippen LogP contribution in [-0.2, 0) is 24.6 Å². The molecular formula is C14H25N3O. The fourth-order valence-electron chi connectivity index (χ4n) is 2.65. The third-order valence-corrected chi connectivity index (χ3v) is 3.94. The molecule has 1 aliphatic rings. The van der Waals surface area contributed by atoms with E-state index >= 15 is 0 Å². The number of ether oxygens (including phenoxy) is 1. The molecule has 102 valence electrons. The largest absolute Gasteiger partial charge is 0.380 e. The number of hydrogen-bond acceptors (Lipinski definition) is 3. The maximum Gasteiger partial charge on any atom is 0.0756 e. The summed E-state index contributed by atoms with van der Waals surface area (Å²) in [6.07, 6.45) is 4.92. The van der Waals surface area contributed by atoms with Crippen LogP contribution in [0.15, 0.2) is 6.07 Å². The van der Waals surface area contributed by atoms with Crippen LogP contribution < -0.4 is 5.32 Å². The molecule has 2 unspecified atom stereocenters. The van der Waals surface area contributed by atoms with Crippen molar-refractivity contribution in [1.29, 1.82) is 0 Å². The maximum absolute atomic E-state index is 5.68. The number of hydrogen-bond donors (Lipinski definition) is 1. The molecule has 2 atom stereocenters. The number of rotatable bonds is 7. The summed E-state index contributed by atoms with van der Waals surface area (Å²) in [4.78, 5) is 0. The Morgan fingerprint density at radius 2 is 2.28 bits per heavy atom. The van der Waals surface area contributed by atoms with Crippen LogP contribution in [0.2, 0.25) is 0 Å². The number of likely N-dealkylation sites (N-methyl/N-ethyl adjacent to an activating group) is 1. The number of methoxy groups -OCH3 is 1. The molecule has 0 radical (unpaired) electrons. The first-order valence-corrected chi connectivity index (χ1v) is 6.91. The fraction of sp³-hybridized carbons (Fsp3) is 0.786. The van der Waals surface area contributed by atoms with E-state index in [1.165, 1.54) is 24.2 Å². The van der Waals surface area contributed by atoms with Crippen LogP contribution in [0, 0.1) is 5.92 Å². The Bertz CT molecular complexity index is 384. The molecule has 1 N–H and O–H groups in total. The van der Waals surface area contributed by atoms with E-state index in [1.54, 1.807) is 0 Å². The zero-order chi connectivity index (χ0) is 13.1. The molecule has 0 aliphatic heterocycles. The van der Waals surface area contributed by atoms with Crippen LogP contribution in [0.25, 0.3) is 0 Å². The van der Waals surface area contributed by atoms with E-state index in [1.807, 2.05) is 25.9 Å². The lowest BCUT2D eigenvalue weighted by atomic mass is 10.0. The zero-order valence-electron chi connectivity index (χ0n) is 11.9. The molecule has 1 aromatic heterocycles. The molecule has 2 rings (SSSR count). The Kier molecular flexibility index (Phi) is 4.40. The lowest BCUT2D eigenvalue weighted by Crippen LogP contribution is -2.42. The minimum atomic E-state index is 0.329. The van der Waals surface area contributed by atoms with Gasteiger partial charge in [-0.1, -0.05) is 6.92 Å². The van der Waals surface area contributed by atoms with Crippen molar-refractivity contribution in [2.45, 2.75) is 44.8 Å². The first-order valence-electron chi connectivity index (χ1n) is 6.91. The Balaban J connectivity index is 2.06. The third kappa shape index (κ3) is 2.93. The van der Waals surface area contributed by atoms with Crippen molar-refractivity contribution in [3.8, 4) is 0 Å². The zero-order valence-corrected chi connectivity index (χ0v) is 11.9. The highest BCUT2D eigenvalue weighted by Gasteiger charge is 2.36. The number of nitrogens with one attached hydrogen (secondary N) is 1.